The van der Waals surface area contributed by atoms with Crippen LogP contribution in [0.4, 0.5) is 0 Å². The molecule has 97 valence electrons. The molecule has 0 amide bonds. The van der Waals surface area contributed by atoms with Gasteiger partial charge in [-0.1, -0.05) is 70.4 Å². The molecule has 0 spiro atoms. The van der Waals surface area contributed by atoms with Gasteiger partial charge in [0, 0.05) is 0 Å². The fourth-order valence-corrected chi connectivity index (χ4v) is 7.94. The van der Waals surface area contributed by atoms with Crippen molar-refractivity contribution < 1.29 is 0 Å². The zero-order valence-electron chi connectivity index (χ0n) is 11.8. The highest BCUT2D eigenvalue weighted by Gasteiger charge is 2.24. The first-order valence-corrected chi connectivity index (χ1v) is 9.68. The van der Waals surface area contributed by atoms with Gasteiger partial charge in [-0.05, 0) is 30.2 Å². The van der Waals surface area contributed by atoms with Crippen LogP contribution in [0.2, 0.25) is 0 Å². The SMILES string of the molecule is CCC[P](CCC)(CCC)Cc1ccccc1. The van der Waals surface area contributed by atoms with Gasteiger partial charge in [-0.15, -0.1) is 7.26 Å². The van der Waals surface area contributed by atoms with E-state index < -0.39 is 7.26 Å². The molecule has 0 nitrogen and oxygen atoms in total. The van der Waals surface area contributed by atoms with Crippen molar-refractivity contribution in [2.45, 2.75) is 46.2 Å². The number of rotatable bonds is 8. The average Bonchev–Trinajstić information content (AvgIpc) is 2.31. The fraction of sp³-hybridized carbons (Fsp3) is 0.625. The van der Waals surface area contributed by atoms with E-state index in [2.05, 4.69) is 51.1 Å². The summed E-state index contributed by atoms with van der Waals surface area (Å²) in [6, 6.07) is 11.1. The molecule has 0 atom stereocenters. The van der Waals surface area contributed by atoms with Crippen molar-refractivity contribution >= 4 is 7.26 Å². The summed E-state index contributed by atoms with van der Waals surface area (Å²) in [5.41, 5.74) is 1.57. The molecule has 0 aromatic heterocycles. The van der Waals surface area contributed by atoms with E-state index >= 15 is 0 Å². The predicted octanol–water partition coefficient (Wildman–Crippen LogP) is 5.43. The van der Waals surface area contributed by atoms with Crippen LogP contribution in [0.5, 0.6) is 0 Å². The van der Waals surface area contributed by atoms with Gasteiger partial charge >= 0.3 is 0 Å². The van der Waals surface area contributed by atoms with E-state index in [-0.39, 0.29) is 0 Å². The quantitative estimate of drug-likeness (QED) is 0.540. The fourth-order valence-electron chi connectivity index (χ4n) is 2.97. The van der Waals surface area contributed by atoms with Crippen LogP contribution in [0.15, 0.2) is 30.3 Å². The third-order valence-electron chi connectivity index (χ3n) is 3.45. The van der Waals surface area contributed by atoms with Crippen molar-refractivity contribution in [3.05, 3.63) is 35.9 Å². The molecule has 0 aliphatic heterocycles. The van der Waals surface area contributed by atoms with Gasteiger partial charge < -0.3 is 0 Å². The molecule has 0 aliphatic rings. The Balaban J connectivity index is 2.80. The van der Waals surface area contributed by atoms with E-state index in [9.17, 15) is 0 Å². The molecule has 0 aliphatic carbocycles. The summed E-state index contributed by atoms with van der Waals surface area (Å²) in [5.74, 6) is 0. The van der Waals surface area contributed by atoms with Crippen molar-refractivity contribution in [3.63, 3.8) is 0 Å². The summed E-state index contributed by atoms with van der Waals surface area (Å²) < 4.78 is 0. The van der Waals surface area contributed by atoms with Gasteiger partial charge in [-0.3, -0.25) is 0 Å². The summed E-state index contributed by atoms with van der Waals surface area (Å²) >= 11 is 0. The Morgan fingerprint density at radius 3 is 1.65 bits per heavy atom. The minimum absolute atomic E-state index is 0.718. The molecule has 1 radical (unpaired) electrons. The second-order valence-electron chi connectivity index (χ2n) is 5.16. The molecular formula is C16H28P. The molecule has 0 heterocycles. The van der Waals surface area contributed by atoms with Crippen LogP contribution in [0, 0.1) is 0 Å². The first-order valence-electron chi connectivity index (χ1n) is 7.15. The molecule has 1 aromatic carbocycles. The van der Waals surface area contributed by atoms with E-state index in [1.54, 1.807) is 5.56 Å². The molecule has 1 heteroatoms. The van der Waals surface area contributed by atoms with Gasteiger partial charge in [0.25, 0.3) is 0 Å². The molecular weight excluding hydrogens is 223 g/mol. The maximum absolute atomic E-state index is 2.35. The van der Waals surface area contributed by atoms with E-state index in [0.717, 1.165) is 0 Å². The molecule has 0 fully saturated rings. The van der Waals surface area contributed by atoms with Gasteiger partial charge in [-0.25, -0.2) is 0 Å². The molecule has 0 saturated carbocycles. The van der Waals surface area contributed by atoms with Crippen molar-refractivity contribution in [2.24, 2.45) is 0 Å². The zero-order valence-corrected chi connectivity index (χ0v) is 12.7. The van der Waals surface area contributed by atoms with E-state index in [1.165, 1.54) is 43.9 Å². The first kappa shape index (κ1) is 14.7. The Kier molecular flexibility index (Phi) is 6.82. The zero-order chi connectivity index (χ0) is 12.6. The van der Waals surface area contributed by atoms with Gasteiger partial charge in [0.05, 0.1) is 0 Å². The Hall–Kier alpha value is -0.350. The summed E-state index contributed by atoms with van der Waals surface area (Å²) in [6.45, 7) is 7.06. The Labute approximate surface area is 108 Å². The summed E-state index contributed by atoms with van der Waals surface area (Å²) in [5, 5.41) is 0. The normalized spacial score (nSPS) is 11.7. The minimum atomic E-state index is -0.718. The van der Waals surface area contributed by atoms with Crippen LogP contribution >= 0.6 is 7.26 Å². The monoisotopic (exact) mass is 251 g/mol. The van der Waals surface area contributed by atoms with Gasteiger partial charge in [0.15, 0.2) is 0 Å². The van der Waals surface area contributed by atoms with Crippen LogP contribution in [0.25, 0.3) is 0 Å². The van der Waals surface area contributed by atoms with Crippen molar-refractivity contribution in [2.75, 3.05) is 18.5 Å². The van der Waals surface area contributed by atoms with Crippen molar-refractivity contribution in [1.29, 1.82) is 0 Å². The van der Waals surface area contributed by atoms with Crippen molar-refractivity contribution in [1.82, 2.24) is 0 Å². The third-order valence-corrected chi connectivity index (χ3v) is 8.68. The second kappa shape index (κ2) is 7.88. The molecule has 1 rings (SSSR count). The molecule has 0 N–H and O–H groups in total. The lowest BCUT2D eigenvalue weighted by Crippen LogP contribution is -2.10. The van der Waals surface area contributed by atoms with Crippen LogP contribution in [0.1, 0.15) is 45.6 Å². The highest BCUT2D eigenvalue weighted by molar-refractivity contribution is 7.75. The average molecular weight is 251 g/mol. The van der Waals surface area contributed by atoms with Crippen LogP contribution in [0.3, 0.4) is 0 Å². The highest BCUT2D eigenvalue weighted by atomic mass is 31.2. The molecule has 0 bridgehead atoms. The highest BCUT2D eigenvalue weighted by Crippen LogP contribution is 2.62. The summed E-state index contributed by atoms with van der Waals surface area (Å²) in [7, 11) is -0.718. The third kappa shape index (κ3) is 4.80. The number of hydrogen-bond donors (Lipinski definition) is 0. The number of hydrogen-bond acceptors (Lipinski definition) is 0. The number of benzene rings is 1. The lowest BCUT2D eigenvalue weighted by molar-refractivity contribution is 0.984. The van der Waals surface area contributed by atoms with Crippen molar-refractivity contribution in [3.8, 4) is 0 Å². The lowest BCUT2D eigenvalue weighted by atomic mass is 10.2. The van der Waals surface area contributed by atoms with Crippen LogP contribution in [-0.4, -0.2) is 18.5 Å². The maximum Gasteiger partial charge on any atom is -0.0106 e. The Morgan fingerprint density at radius 1 is 0.765 bits per heavy atom. The standard InChI is InChI=1S/C16H28P/c1-4-12-17(13-5-2,14-6-3)15-16-10-8-7-9-11-16/h7-11H,4-6,12-15H2,1-3H3. The van der Waals surface area contributed by atoms with Gasteiger partial charge in [0.2, 0.25) is 0 Å². The van der Waals surface area contributed by atoms with E-state index in [1.807, 2.05) is 0 Å². The topological polar surface area (TPSA) is 0 Å². The molecule has 1 aromatic rings. The van der Waals surface area contributed by atoms with Gasteiger partial charge in [0.1, 0.15) is 0 Å². The minimum Gasteiger partial charge on any atom is -0.121 e. The lowest BCUT2D eigenvalue weighted by Gasteiger charge is -2.36. The van der Waals surface area contributed by atoms with Crippen LogP contribution in [-0.2, 0) is 6.16 Å². The second-order valence-corrected chi connectivity index (χ2v) is 9.50. The van der Waals surface area contributed by atoms with E-state index in [0.29, 0.717) is 0 Å². The molecule has 0 saturated heterocycles. The van der Waals surface area contributed by atoms with Crippen LogP contribution < -0.4 is 0 Å². The maximum atomic E-state index is 2.35. The molecule has 17 heavy (non-hydrogen) atoms. The first-order chi connectivity index (χ1) is 8.26. The smallest absolute Gasteiger partial charge is 0.0106 e. The van der Waals surface area contributed by atoms with E-state index in [4.69, 9.17) is 0 Å². The Bertz CT molecular complexity index is 275. The largest absolute Gasteiger partial charge is 0.121 e. The Morgan fingerprint density at radius 2 is 1.24 bits per heavy atom. The summed E-state index contributed by atoms with van der Waals surface area (Å²) in [4.78, 5) is 0. The summed E-state index contributed by atoms with van der Waals surface area (Å²) in [6.07, 6.45) is 9.93. The molecule has 0 unspecified atom stereocenters. The predicted molar refractivity (Wildman–Crippen MR) is 82.5 cm³/mol. The van der Waals surface area contributed by atoms with Gasteiger partial charge in [-0.2, -0.15) is 0 Å².